The van der Waals surface area contributed by atoms with Gasteiger partial charge in [-0.2, -0.15) is 5.10 Å². The number of hydrogen-bond donors (Lipinski definition) is 3. The molecular formula is C23H21ClN4O5. The Morgan fingerprint density at radius 1 is 1.24 bits per heavy atom. The Kier molecular flexibility index (Phi) is 6.23. The minimum atomic E-state index is -1.16. The first-order valence-electron chi connectivity index (χ1n) is 10.1. The van der Waals surface area contributed by atoms with Crippen LogP contribution in [0.3, 0.4) is 0 Å². The second kappa shape index (κ2) is 9.25. The number of nitrogens with one attached hydrogen (secondary N) is 2. The molecule has 2 aromatic carbocycles. The van der Waals surface area contributed by atoms with E-state index in [0.29, 0.717) is 28.8 Å². The first-order chi connectivity index (χ1) is 15.9. The molecule has 3 N–H and O–H groups in total. The van der Waals surface area contributed by atoms with Crippen molar-refractivity contribution in [1.29, 1.82) is 0 Å². The van der Waals surface area contributed by atoms with Crippen LogP contribution in [0.2, 0.25) is 5.02 Å². The third-order valence-corrected chi connectivity index (χ3v) is 5.35. The number of aromatic nitrogens is 2. The Morgan fingerprint density at radius 3 is 2.73 bits per heavy atom. The number of aliphatic carboxylic acids is 1. The van der Waals surface area contributed by atoms with Crippen molar-refractivity contribution in [3.8, 4) is 11.5 Å². The Bertz CT molecular complexity index is 1250. The molecule has 1 atom stereocenters. The van der Waals surface area contributed by atoms with Crippen molar-refractivity contribution < 1.29 is 24.2 Å². The average molecular weight is 469 g/mol. The van der Waals surface area contributed by atoms with Crippen molar-refractivity contribution in [2.24, 2.45) is 0 Å². The summed E-state index contributed by atoms with van der Waals surface area (Å²) in [6.45, 7) is 2.31. The summed E-state index contributed by atoms with van der Waals surface area (Å²) < 4.78 is 12.4. The van der Waals surface area contributed by atoms with Gasteiger partial charge in [0.15, 0.2) is 0 Å². The molecule has 33 heavy (non-hydrogen) atoms. The number of para-hydroxylation sites is 1. The SMILES string of the molecule is CCOc1ccccc1C1C=C(C(=O)O)Nc2c(C(=O)Nc3ccc(OC)c(Cl)c3)cnn21. The molecule has 1 unspecified atom stereocenters. The fourth-order valence-corrected chi connectivity index (χ4v) is 3.82. The number of benzene rings is 2. The molecule has 170 valence electrons. The smallest absolute Gasteiger partial charge is 0.352 e. The number of ether oxygens (including phenoxy) is 2. The lowest BCUT2D eigenvalue weighted by Gasteiger charge is -2.25. The van der Waals surface area contributed by atoms with E-state index in [1.54, 1.807) is 28.9 Å². The Hall–Kier alpha value is -3.98. The zero-order valence-corrected chi connectivity index (χ0v) is 18.6. The van der Waals surface area contributed by atoms with Gasteiger partial charge in [-0.05, 0) is 37.3 Å². The lowest BCUT2D eigenvalue weighted by Crippen LogP contribution is -2.26. The highest BCUT2D eigenvalue weighted by Gasteiger charge is 2.30. The highest BCUT2D eigenvalue weighted by Crippen LogP contribution is 2.36. The van der Waals surface area contributed by atoms with E-state index in [1.807, 2.05) is 25.1 Å². The van der Waals surface area contributed by atoms with Gasteiger partial charge in [0.1, 0.15) is 34.6 Å². The molecule has 2 heterocycles. The first-order valence-corrected chi connectivity index (χ1v) is 10.5. The number of methoxy groups -OCH3 is 1. The summed E-state index contributed by atoms with van der Waals surface area (Å²) in [5.74, 6) is -0.300. The summed E-state index contributed by atoms with van der Waals surface area (Å²) in [7, 11) is 1.50. The molecule has 0 saturated heterocycles. The van der Waals surface area contributed by atoms with Crippen molar-refractivity contribution in [3.05, 3.63) is 76.6 Å². The molecule has 0 radical (unpaired) electrons. The standard InChI is InChI=1S/C23H21ClN4O5/c1-3-33-19-7-5-4-6-14(19)18-11-17(23(30)31)27-21-15(12-25-28(18)21)22(29)26-13-8-9-20(32-2)16(24)10-13/h4-12,18,27H,3H2,1-2H3,(H,26,29)(H,30,31). The maximum Gasteiger partial charge on any atom is 0.352 e. The van der Waals surface area contributed by atoms with Gasteiger partial charge >= 0.3 is 5.97 Å². The summed E-state index contributed by atoms with van der Waals surface area (Å²) in [5.41, 5.74) is 1.28. The second-order valence-corrected chi connectivity index (χ2v) is 7.49. The van der Waals surface area contributed by atoms with Crippen molar-refractivity contribution in [2.45, 2.75) is 13.0 Å². The topological polar surface area (TPSA) is 115 Å². The van der Waals surface area contributed by atoms with Crippen LogP contribution in [0.15, 0.2) is 60.4 Å². The number of fused-ring (bicyclic) bond motifs is 1. The normalized spacial score (nSPS) is 14.5. The number of amides is 1. The number of hydrogen-bond acceptors (Lipinski definition) is 6. The van der Waals surface area contributed by atoms with Gasteiger partial charge in [0.05, 0.1) is 24.9 Å². The Labute approximate surface area is 194 Å². The van der Waals surface area contributed by atoms with E-state index >= 15 is 0 Å². The lowest BCUT2D eigenvalue weighted by atomic mass is 10.0. The summed E-state index contributed by atoms with van der Waals surface area (Å²) in [5, 5.41) is 19.9. The predicted molar refractivity (Wildman–Crippen MR) is 123 cm³/mol. The maximum absolute atomic E-state index is 13.0. The first kappa shape index (κ1) is 22.2. The lowest BCUT2D eigenvalue weighted by molar-refractivity contribution is -0.132. The summed E-state index contributed by atoms with van der Waals surface area (Å²) in [6, 6.07) is 11.6. The van der Waals surface area contributed by atoms with E-state index in [0.717, 1.165) is 5.56 Å². The second-order valence-electron chi connectivity index (χ2n) is 7.08. The number of carbonyl (C=O) groups is 2. The Balaban J connectivity index is 1.71. The van der Waals surface area contributed by atoms with E-state index < -0.39 is 17.9 Å². The number of halogens is 1. The van der Waals surface area contributed by atoms with E-state index in [2.05, 4.69) is 15.7 Å². The minimum Gasteiger partial charge on any atom is -0.495 e. The molecule has 1 aromatic heterocycles. The molecule has 0 fully saturated rings. The molecule has 4 rings (SSSR count). The molecule has 9 nitrogen and oxygen atoms in total. The highest BCUT2D eigenvalue weighted by molar-refractivity contribution is 6.32. The fraction of sp³-hybridized carbons (Fsp3) is 0.174. The number of allylic oxidation sites excluding steroid dienone is 1. The fourth-order valence-electron chi connectivity index (χ4n) is 3.56. The van der Waals surface area contributed by atoms with Crippen LogP contribution >= 0.6 is 11.6 Å². The minimum absolute atomic E-state index is 0.0687. The summed E-state index contributed by atoms with van der Waals surface area (Å²) >= 11 is 6.14. The van der Waals surface area contributed by atoms with Gasteiger partial charge in [0, 0.05) is 11.3 Å². The van der Waals surface area contributed by atoms with E-state index in [1.165, 1.54) is 19.4 Å². The van der Waals surface area contributed by atoms with E-state index in [9.17, 15) is 14.7 Å². The molecule has 1 aliphatic heterocycles. The van der Waals surface area contributed by atoms with Crippen molar-refractivity contribution in [1.82, 2.24) is 9.78 Å². The maximum atomic E-state index is 13.0. The molecule has 1 aliphatic rings. The monoisotopic (exact) mass is 468 g/mol. The number of anilines is 2. The van der Waals surface area contributed by atoms with Crippen LogP contribution in [0.25, 0.3) is 0 Å². The van der Waals surface area contributed by atoms with E-state index in [-0.39, 0.29) is 17.1 Å². The largest absolute Gasteiger partial charge is 0.495 e. The molecule has 0 bridgehead atoms. The highest BCUT2D eigenvalue weighted by atomic mass is 35.5. The molecule has 10 heteroatoms. The third kappa shape index (κ3) is 4.35. The summed E-state index contributed by atoms with van der Waals surface area (Å²) in [4.78, 5) is 24.9. The van der Waals surface area contributed by atoms with Gasteiger partial charge in [-0.3, -0.25) is 4.79 Å². The van der Waals surface area contributed by atoms with Gasteiger partial charge in [-0.25, -0.2) is 9.48 Å². The number of nitrogens with zero attached hydrogens (tertiary/aromatic N) is 2. The number of rotatable bonds is 7. The zero-order chi connectivity index (χ0) is 23.5. The van der Waals surface area contributed by atoms with Crippen LogP contribution in [0, 0.1) is 0 Å². The molecule has 0 aliphatic carbocycles. The van der Waals surface area contributed by atoms with Crippen LogP contribution in [0.4, 0.5) is 11.5 Å². The van der Waals surface area contributed by atoms with Gasteiger partial charge in [-0.1, -0.05) is 29.8 Å². The number of carboxylic acids is 1. The van der Waals surface area contributed by atoms with Crippen LogP contribution < -0.4 is 20.1 Å². The van der Waals surface area contributed by atoms with Crippen LogP contribution in [-0.2, 0) is 4.79 Å². The Morgan fingerprint density at radius 2 is 2.03 bits per heavy atom. The summed E-state index contributed by atoms with van der Waals surface area (Å²) in [6.07, 6.45) is 2.92. The van der Waals surface area contributed by atoms with Crippen LogP contribution in [0.1, 0.15) is 28.9 Å². The van der Waals surface area contributed by atoms with Gasteiger partial charge < -0.3 is 25.2 Å². The van der Waals surface area contributed by atoms with Crippen molar-refractivity contribution in [2.75, 3.05) is 24.4 Å². The molecule has 0 spiro atoms. The average Bonchev–Trinajstić information content (AvgIpc) is 3.23. The van der Waals surface area contributed by atoms with Crippen molar-refractivity contribution >= 4 is 35.0 Å². The van der Waals surface area contributed by atoms with Gasteiger partial charge in [0.2, 0.25) is 0 Å². The van der Waals surface area contributed by atoms with Crippen LogP contribution in [0.5, 0.6) is 11.5 Å². The molecular weight excluding hydrogens is 448 g/mol. The van der Waals surface area contributed by atoms with E-state index in [4.69, 9.17) is 21.1 Å². The van der Waals surface area contributed by atoms with Crippen molar-refractivity contribution in [3.63, 3.8) is 0 Å². The third-order valence-electron chi connectivity index (χ3n) is 5.06. The zero-order valence-electron chi connectivity index (χ0n) is 17.8. The van der Waals surface area contributed by atoms with Crippen LogP contribution in [-0.4, -0.2) is 40.5 Å². The molecule has 3 aromatic rings. The molecule has 1 amide bonds. The number of carbonyl (C=O) groups excluding carboxylic acids is 1. The molecule has 0 saturated carbocycles. The predicted octanol–water partition coefficient (Wildman–Crippen LogP) is 4.18. The van der Waals surface area contributed by atoms with Gasteiger partial charge in [-0.15, -0.1) is 0 Å². The quantitative estimate of drug-likeness (QED) is 0.476. The number of carboxylic acid groups (broad SMARTS) is 1. The van der Waals surface area contributed by atoms with Gasteiger partial charge in [0.25, 0.3) is 5.91 Å².